The van der Waals surface area contributed by atoms with Gasteiger partial charge in [-0.1, -0.05) is 0 Å². The Morgan fingerprint density at radius 1 is 1.00 bits per heavy atom. The lowest BCUT2D eigenvalue weighted by atomic mass is 9.92. The van der Waals surface area contributed by atoms with Crippen LogP contribution in [0, 0.1) is 25.7 Å². The summed E-state index contributed by atoms with van der Waals surface area (Å²) in [7, 11) is 0. The zero-order valence-electron chi connectivity index (χ0n) is 17.6. The summed E-state index contributed by atoms with van der Waals surface area (Å²) in [6.45, 7) is 6.67. The summed E-state index contributed by atoms with van der Waals surface area (Å²) in [5.41, 5.74) is 7.36. The number of hydrogen-bond acceptors (Lipinski definition) is 6. The van der Waals surface area contributed by atoms with Crippen molar-refractivity contribution in [3.05, 3.63) is 29.6 Å². The number of nitrogens with two attached hydrogens (primary N) is 1. The largest absolute Gasteiger partial charge is 0.369 e. The number of rotatable bonds is 4. The average molecular weight is 412 g/mol. The minimum atomic E-state index is -0.256. The SMILES string of the molecule is Cc1cc(C)n(-c2ccc(N3CCCC(C(=O)N4CCC(C(N)=O)CC4)C3)nn2)n1. The van der Waals surface area contributed by atoms with Crippen molar-refractivity contribution in [1.82, 2.24) is 24.9 Å². The summed E-state index contributed by atoms with van der Waals surface area (Å²) < 4.78 is 1.78. The molecule has 2 amide bonds. The minimum Gasteiger partial charge on any atom is -0.369 e. The third-order valence-corrected chi connectivity index (χ3v) is 6.17. The van der Waals surface area contributed by atoms with Gasteiger partial charge in [0.25, 0.3) is 0 Å². The van der Waals surface area contributed by atoms with Gasteiger partial charge in [0.1, 0.15) is 0 Å². The number of primary amides is 1. The predicted octanol–water partition coefficient (Wildman–Crippen LogP) is 1.22. The maximum absolute atomic E-state index is 13.0. The van der Waals surface area contributed by atoms with E-state index in [1.54, 1.807) is 4.68 Å². The minimum absolute atomic E-state index is 0.0543. The van der Waals surface area contributed by atoms with Gasteiger partial charge in [-0.05, 0) is 57.7 Å². The van der Waals surface area contributed by atoms with Crippen LogP contribution in [0.15, 0.2) is 18.2 Å². The van der Waals surface area contributed by atoms with Crippen molar-refractivity contribution in [2.24, 2.45) is 17.6 Å². The molecule has 30 heavy (non-hydrogen) atoms. The summed E-state index contributed by atoms with van der Waals surface area (Å²) >= 11 is 0. The molecule has 1 unspecified atom stereocenters. The van der Waals surface area contributed by atoms with Crippen LogP contribution in [0.2, 0.25) is 0 Å². The van der Waals surface area contributed by atoms with Gasteiger partial charge in [0.2, 0.25) is 11.8 Å². The number of anilines is 1. The molecule has 0 saturated carbocycles. The first-order chi connectivity index (χ1) is 14.4. The fourth-order valence-electron chi connectivity index (χ4n) is 4.49. The van der Waals surface area contributed by atoms with E-state index in [-0.39, 0.29) is 23.7 Å². The molecule has 2 aliphatic rings. The van der Waals surface area contributed by atoms with E-state index in [1.165, 1.54) is 0 Å². The summed E-state index contributed by atoms with van der Waals surface area (Å²) in [4.78, 5) is 28.4. The highest BCUT2D eigenvalue weighted by Gasteiger charge is 2.33. The Balaban J connectivity index is 1.40. The number of piperidine rings is 2. The molecular weight excluding hydrogens is 382 g/mol. The number of hydrogen-bond donors (Lipinski definition) is 1. The predicted molar refractivity (Wildman–Crippen MR) is 112 cm³/mol. The molecule has 2 aromatic heterocycles. The Bertz CT molecular complexity index is 916. The van der Waals surface area contributed by atoms with Gasteiger partial charge >= 0.3 is 0 Å². The molecule has 0 aliphatic carbocycles. The number of aromatic nitrogens is 4. The summed E-state index contributed by atoms with van der Waals surface area (Å²) in [5.74, 6) is 1.23. The van der Waals surface area contributed by atoms with E-state index in [2.05, 4.69) is 20.2 Å². The third kappa shape index (κ3) is 4.15. The summed E-state index contributed by atoms with van der Waals surface area (Å²) in [6.07, 6.45) is 3.14. The van der Waals surface area contributed by atoms with Crippen molar-refractivity contribution in [2.45, 2.75) is 39.5 Å². The second-order valence-electron chi connectivity index (χ2n) is 8.38. The van der Waals surface area contributed by atoms with Gasteiger partial charge in [-0.25, -0.2) is 4.68 Å². The summed E-state index contributed by atoms with van der Waals surface area (Å²) in [6, 6.07) is 5.87. The zero-order valence-corrected chi connectivity index (χ0v) is 17.6. The van der Waals surface area contributed by atoms with Gasteiger partial charge in [-0.15, -0.1) is 10.2 Å². The molecular formula is C21H29N7O2. The highest BCUT2D eigenvalue weighted by atomic mass is 16.2. The van der Waals surface area contributed by atoms with Crippen LogP contribution in [0.1, 0.15) is 37.1 Å². The Morgan fingerprint density at radius 3 is 2.30 bits per heavy atom. The van der Waals surface area contributed by atoms with E-state index < -0.39 is 0 Å². The number of carbonyl (C=O) groups excluding carboxylic acids is 2. The first-order valence-corrected chi connectivity index (χ1v) is 10.6. The first-order valence-electron chi connectivity index (χ1n) is 10.6. The van der Waals surface area contributed by atoms with Gasteiger partial charge < -0.3 is 15.5 Å². The molecule has 9 heteroatoms. The molecule has 9 nitrogen and oxygen atoms in total. The first kappa shape index (κ1) is 20.3. The van der Waals surface area contributed by atoms with Crippen LogP contribution in [0.5, 0.6) is 0 Å². The Kier molecular flexibility index (Phi) is 5.69. The van der Waals surface area contributed by atoms with Crippen molar-refractivity contribution in [3.8, 4) is 5.82 Å². The molecule has 0 radical (unpaired) electrons. The maximum Gasteiger partial charge on any atom is 0.227 e. The van der Waals surface area contributed by atoms with Gasteiger partial charge in [0, 0.05) is 37.8 Å². The highest BCUT2D eigenvalue weighted by Crippen LogP contribution is 2.25. The van der Waals surface area contributed by atoms with Gasteiger partial charge in [0.05, 0.1) is 11.6 Å². The van der Waals surface area contributed by atoms with Crippen LogP contribution >= 0.6 is 0 Å². The molecule has 160 valence electrons. The molecule has 2 aromatic rings. The van der Waals surface area contributed by atoms with Crippen molar-refractivity contribution < 1.29 is 9.59 Å². The molecule has 2 N–H and O–H groups in total. The lowest BCUT2D eigenvalue weighted by Gasteiger charge is -2.37. The Morgan fingerprint density at radius 2 is 1.70 bits per heavy atom. The topological polar surface area (TPSA) is 110 Å². The van der Waals surface area contributed by atoms with Crippen molar-refractivity contribution in [2.75, 3.05) is 31.1 Å². The Hall–Kier alpha value is -2.97. The number of carbonyl (C=O) groups is 2. The van der Waals surface area contributed by atoms with E-state index in [9.17, 15) is 9.59 Å². The van der Waals surface area contributed by atoms with E-state index in [0.717, 1.165) is 36.6 Å². The fourth-order valence-corrected chi connectivity index (χ4v) is 4.49. The molecule has 4 heterocycles. The highest BCUT2D eigenvalue weighted by molar-refractivity contribution is 5.81. The molecule has 2 saturated heterocycles. The van der Waals surface area contributed by atoms with Crippen LogP contribution < -0.4 is 10.6 Å². The average Bonchev–Trinajstić information content (AvgIpc) is 3.11. The Labute approximate surface area is 176 Å². The molecule has 0 aromatic carbocycles. The van der Waals surface area contributed by atoms with Gasteiger partial charge in [0.15, 0.2) is 11.6 Å². The standard InChI is InChI=1S/C21H29N7O2/c1-14-12-15(2)28(25-14)19-6-5-18(23-24-19)27-9-3-4-17(13-27)21(30)26-10-7-16(8-11-26)20(22)29/h5-6,12,16-17H,3-4,7-11,13H2,1-2H3,(H2,22,29). The van der Waals surface area contributed by atoms with Crippen LogP contribution in [0.4, 0.5) is 5.82 Å². The lowest BCUT2D eigenvalue weighted by Crippen LogP contribution is -2.48. The molecule has 0 bridgehead atoms. The molecule has 2 fully saturated rings. The van der Waals surface area contributed by atoms with Gasteiger partial charge in [-0.3, -0.25) is 9.59 Å². The van der Waals surface area contributed by atoms with Crippen molar-refractivity contribution in [3.63, 3.8) is 0 Å². The molecule has 0 spiro atoms. The van der Waals surface area contributed by atoms with Crippen molar-refractivity contribution >= 4 is 17.6 Å². The van der Waals surface area contributed by atoms with E-state index in [0.29, 0.717) is 38.3 Å². The second kappa shape index (κ2) is 8.41. The number of nitrogens with zero attached hydrogens (tertiary/aromatic N) is 6. The van der Waals surface area contributed by atoms with Crippen LogP contribution in [0.3, 0.4) is 0 Å². The number of aryl methyl sites for hydroxylation is 2. The molecule has 4 rings (SSSR count). The van der Waals surface area contributed by atoms with Crippen LogP contribution in [0.25, 0.3) is 5.82 Å². The monoisotopic (exact) mass is 411 g/mol. The van der Waals surface area contributed by atoms with Crippen molar-refractivity contribution in [1.29, 1.82) is 0 Å². The van der Waals surface area contributed by atoms with Crippen LogP contribution in [-0.4, -0.2) is 62.9 Å². The summed E-state index contributed by atoms with van der Waals surface area (Å²) in [5, 5.41) is 13.2. The smallest absolute Gasteiger partial charge is 0.227 e. The van der Waals surface area contributed by atoms with E-state index in [1.807, 2.05) is 36.9 Å². The lowest BCUT2D eigenvalue weighted by molar-refractivity contribution is -0.138. The third-order valence-electron chi connectivity index (χ3n) is 6.17. The van der Waals surface area contributed by atoms with Crippen LogP contribution in [-0.2, 0) is 9.59 Å². The molecule has 1 atom stereocenters. The van der Waals surface area contributed by atoms with E-state index >= 15 is 0 Å². The number of likely N-dealkylation sites (tertiary alicyclic amines) is 1. The maximum atomic E-state index is 13.0. The normalized spacial score (nSPS) is 20.4. The molecule has 2 aliphatic heterocycles. The van der Waals surface area contributed by atoms with E-state index in [4.69, 9.17) is 5.73 Å². The number of amides is 2. The fraction of sp³-hybridized carbons (Fsp3) is 0.571. The zero-order chi connectivity index (χ0) is 21.3. The second-order valence-corrected chi connectivity index (χ2v) is 8.38. The quantitative estimate of drug-likeness (QED) is 0.810. The van der Waals surface area contributed by atoms with Gasteiger partial charge in [-0.2, -0.15) is 5.10 Å².